The van der Waals surface area contributed by atoms with Crippen LogP contribution in [0.25, 0.3) is 11.0 Å². The van der Waals surface area contributed by atoms with Gasteiger partial charge in [0.1, 0.15) is 5.69 Å². The first-order chi connectivity index (χ1) is 8.27. The Balaban J connectivity index is 0.00000120. The highest BCUT2D eigenvalue weighted by Crippen LogP contribution is 2.33. The molecule has 0 spiro atoms. The maximum absolute atomic E-state index is 14.3. The van der Waals surface area contributed by atoms with Gasteiger partial charge in [0.15, 0.2) is 11.4 Å². The average Bonchev–Trinajstić information content (AvgIpc) is 2.79. The van der Waals surface area contributed by atoms with Gasteiger partial charge in [0.25, 0.3) is 0 Å². The molecule has 0 radical (unpaired) electrons. The Morgan fingerprint density at radius 2 is 2.06 bits per heavy atom. The molecule has 2 heterocycles. The van der Waals surface area contributed by atoms with Crippen molar-refractivity contribution >= 4 is 29.1 Å². The fraction of sp³-hybridized carbons (Fsp3) is 0.385. The van der Waals surface area contributed by atoms with E-state index >= 15 is 0 Å². The maximum Gasteiger partial charge on any atom is 0.160 e. The van der Waals surface area contributed by atoms with Crippen LogP contribution >= 0.6 is 12.4 Å². The Morgan fingerprint density at radius 1 is 1.33 bits per heavy atom. The van der Waals surface area contributed by atoms with Gasteiger partial charge in [-0.1, -0.05) is 0 Å². The predicted octanol–water partition coefficient (Wildman–Crippen LogP) is 2.71. The van der Waals surface area contributed by atoms with Gasteiger partial charge in [-0.2, -0.15) is 0 Å². The Morgan fingerprint density at radius 3 is 2.78 bits per heavy atom. The molecular weight excluding hydrogens is 255 g/mol. The fourth-order valence-corrected chi connectivity index (χ4v) is 2.38. The third-order valence-corrected chi connectivity index (χ3v) is 3.27. The summed E-state index contributed by atoms with van der Waals surface area (Å²) in [5.41, 5.74) is 1.95. The highest BCUT2D eigenvalue weighted by molar-refractivity contribution is 5.90. The van der Waals surface area contributed by atoms with Gasteiger partial charge < -0.3 is 14.6 Å². The summed E-state index contributed by atoms with van der Waals surface area (Å²) in [6.45, 7) is 5.20. The minimum Gasteiger partial charge on any atom is -0.462 e. The van der Waals surface area contributed by atoms with Crippen molar-refractivity contribution in [3.63, 3.8) is 0 Å². The van der Waals surface area contributed by atoms with Gasteiger partial charge in [0.05, 0.1) is 6.26 Å². The Kier molecular flexibility index (Phi) is 3.78. The molecule has 1 saturated heterocycles. The first-order valence-electron chi connectivity index (χ1n) is 5.89. The van der Waals surface area contributed by atoms with Crippen molar-refractivity contribution in [1.29, 1.82) is 0 Å². The zero-order valence-electron chi connectivity index (χ0n) is 10.2. The van der Waals surface area contributed by atoms with Crippen LogP contribution in [0.4, 0.5) is 10.1 Å². The molecule has 0 unspecified atom stereocenters. The monoisotopic (exact) mass is 270 g/mol. The predicted molar refractivity (Wildman–Crippen MR) is 73.2 cm³/mol. The fourth-order valence-electron chi connectivity index (χ4n) is 2.38. The second kappa shape index (κ2) is 5.16. The lowest BCUT2D eigenvalue weighted by molar-refractivity contribution is 0.553. The van der Waals surface area contributed by atoms with Crippen molar-refractivity contribution in [3.8, 4) is 0 Å². The zero-order chi connectivity index (χ0) is 11.8. The Bertz CT molecular complexity index is 549. The quantitative estimate of drug-likeness (QED) is 0.864. The highest BCUT2D eigenvalue weighted by Gasteiger charge is 2.21. The molecule has 0 bridgehead atoms. The number of fused-ring (bicyclic) bond motifs is 1. The number of halogens is 2. The van der Waals surface area contributed by atoms with E-state index < -0.39 is 0 Å². The van der Waals surface area contributed by atoms with Crippen LogP contribution in [0.2, 0.25) is 0 Å². The summed E-state index contributed by atoms with van der Waals surface area (Å²) >= 11 is 0. The third kappa shape index (κ3) is 2.06. The molecule has 0 atom stereocenters. The number of benzene rings is 1. The summed E-state index contributed by atoms with van der Waals surface area (Å²) < 4.78 is 19.7. The molecule has 98 valence electrons. The van der Waals surface area contributed by atoms with Crippen LogP contribution in [0, 0.1) is 12.7 Å². The lowest BCUT2D eigenvalue weighted by Gasteiger charge is -2.30. The smallest absolute Gasteiger partial charge is 0.160 e. The number of rotatable bonds is 1. The molecule has 1 aliphatic heterocycles. The molecule has 1 aromatic heterocycles. The number of anilines is 1. The third-order valence-electron chi connectivity index (χ3n) is 3.27. The van der Waals surface area contributed by atoms with Crippen molar-refractivity contribution in [2.45, 2.75) is 6.92 Å². The number of hydrogen-bond acceptors (Lipinski definition) is 3. The largest absolute Gasteiger partial charge is 0.462 e. The maximum atomic E-state index is 14.3. The topological polar surface area (TPSA) is 28.4 Å². The lowest BCUT2D eigenvalue weighted by Crippen LogP contribution is -2.44. The molecule has 0 aliphatic carbocycles. The van der Waals surface area contributed by atoms with Crippen molar-refractivity contribution < 1.29 is 8.81 Å². The molecule has 1 N–H and O–H groups in total. The van der Waals surface area contributed by atoms with Crippen LogP contribution < -0.4 is 10.2 Å². The SMILES string of the molecule is Cc1cc2ccoc2c(N2CCNCC2)c1F.Cl. The normalized spacial score (nSPS) is 15.8. The number of hydrogen-bond donors (Lipinski definition) is 1. The Labute approximate surface area is 111 Å². The van der Waals surface area contributed by atoms with Crippen LogP contribution in [0.3, 0.4) is 0 Å². The van der Waals surface area contributed by atoms with Crippen molar-refractivity contribution in [3.05, 3.63) is 29.8 Å². The molecule has 0 saturated carbocycles. The summed E-state index contributed by atoms with van der Waals surface area (Å²) in [5, 5.41) is 4.24. The van der Waals surface area contributed by atoms with Crippen LogP contribution in [0.5, 0.6) is 0 Å². The van der Waals surface area contributed by atoms with E-state index in [0.717, 1.165) is 31.6 Å². The molecule has 2 aromatic rings. The van der Waals surface area contributed by atoms with Crippen LogP contribution in [-0.2, 0) is 0 Å². The number of nitrogens with one attached hydrogen (secondary N) is 1. The van der Waals surface area contributed by atoms with Gasteiger partial charge in [0, 0.05) is 31.6 Å². The van der Waals surface area contributed by atoms with Crippen LogP contribution in [0.15, 0.2) is 22.8 Å². The summed E-state index contributed by atoms with van der Waals surface area (Å²) in [4.78, 5) is 2.06. The lowest BCUT2D eigenvalue weighted by atomic mass is 10.1. The minimum absolute atomic E-state index is 0. The molecule has 3 rings (SSSR count). The van der Waals surface area contributed by atoms with Gasteiger partial charge in [0.2, 0.25) is 0 Å². The number of piperazine rings is 1. The van der Waals surface area contributed by atoms with Gasteiger partial charge in [-0.25, -0.2) is 4.39 Å². The number of aryl methyl sites for hydroxylation is 1. The molecular formula is C13H16ClFN2O. The molecule has 5 heteroatoms. The van der Waals surface area contributed by atoms with Gasteiger partial charge in [-0.05, 0) is 24.6 Å². The summed E-state index contributed by atoms with van der Waals surface area (Å²) in [6, 6.07) is 3.72. The second-order valence-corrected chi connectivity index (χ2v) is 4.43. The van der Waals surface area contributed by atoms with E-state index in [1.54, 1.807) is 13.2 Å². The van der Waals surface area contributed by atoms with E-state index in [1.165, 1.54) is 0 Å². The van der Waals surface area contributed by atoms with E-state index in [0.29, 0.717) is 16.8 Å². The molecule has 3 nitrogen and oxygen atoms in total. The average molecular weight is 271 g/mol. The Hall–Kier alpha value is -1.26. The van der Waals surface area contributed by atoms with E-state index in [2.05, 4.69) is 10.2 Å². The summed E-state index contributed by atoms with van der Waals surface area (Å²) in [5.74, 6) is -0.158. The number of furan rings is 1. The van der Waals surface area contributed by atoms with Crippen LogP contribution in [0.1, 0.15) is 5.56 Å². The van der Waals surface area contributed by atoms with Gasteiger partial charge >= 0.3 is 0 Å². The van der Waals surface area contributed by atoms with E-state index in [9.17, 15) is 4.39 Å². The zero-order valence-corrected chi connectivity index (χ0v) is 11.0. The van der Waals surface area contributed by atoms with E-state index in [1.807, 2.05) is 12.1 Å². The first kappa shape index (κ1) is 13.2. The van der Waals surface area contributed by atoms with Gasteiger partial charge in [-0.15, -0.1) is 12.4 Å². The summed E-state index contributed by atoms with van der Waals surface area (Å²) in [6.07, 6.45) is 1.62. The van der Waals surface area contributed by atoms with Crippen molar-refractivity contribution in [2.24, 2.45) is 0 Å². The molecule has 1 fully saturated rings. The molecule has 18 heavy (non-hydrogen) atoms. The van der Waals surface area contributed by atoms with E-state index in [4.69, 9.17) is 4.42 Å². The molecule has 1 aromatic carbocycles. The second-order valence-electron chi connectivity index (χ2n) is 4.43. The van der Waals surface area contributed by atoms with Crippen molar-refractivity contribution in [2.75, 3.05) is 31.1 Å². The summed E-state index contributed by atoms with van der Waals surface area (Å²) in [7, 11) is 0. The van der Waals surface area contributed by atoms with E-state index in [-0.39, 0.29) is 18.2 Å². The highest BCUT2D eigenvalue weighted by atomic mass is 35.5. The van der Waals surface area contributed by atoms with Crippen LogP contribution in [-0.4, -0.2) is 26.2 Å². The molecule has 1 aliphatic rings. The van der Waals surface area contributed by atoms with Gasteiger partial charge in [-0.3, -0.25) is 0 Å². The van der Waals surface area contributed by atoms with Crippen molar-refractivity contribution in [1.82, 2.24) is 5.32 Å². The standard InChI is InChI=1S/C13H15FN2O.ClH/c1-9-8-10-2-7-17-13(10)12(11(9)14)16-5-3-15-4-6-16;/h2,7-8,15H,3-6H2,1H3;1H. The minimum atomic E-state index is -0.158. The number of nitrogens with zero attached hydrogens (tertiary/aromatic N) is 1. The first-order valence-corrected chi connectivity index (χ1v) is 5.89. The molecule has 0 amide bonds.